The maximum absolute atomic E-state index is 12.8. The first kappa shape index (κ1) is 27.6. The number of halogens is 7. The summed E-state index contributed by atoms with van der Waals surface area (Å²) in [6.07, 6.45) is -3.40. The van der Waals surface area contributed by atoms with Gasteiger partial charge in [-0.2, -0.15) is 18.3 Å². The Kier molecular flexibility index (Phi) is 9.08. The minimum Gasteiger partial charge on any atom is -0.481 e. The summed E-state index contributed by atoms with van der Waals surface area (Å²) in [6, 6.07) is 11.3. The number of carbonyl (C=O) groups excluding carboxylic acids is 2. The van der Waals surface area contributed by atoms with Crippen molar-refractivity contribution in [2.24, 2.45) is 5.10 Å². The van der Waals surface area contributed by atoms with Crippen LogP contribution in [0.4, 0.5) is 18.9 Å². The van der Waals surface area contributed by atoms with Gasteiger partial charge in [-0.15, -0.1) is 0 Å². The first-order chi connectivity index (χ1) is 16.9. The Morgan fingerprint density at radius 3 is 2.25 bits per heavy atom. The highest BCUT2D eigenvalue weighted by atomic mass is 35.5. The summed E-state index contributed by atoms with van der Waals surface area (Å²) in [4.78, 5) is 24.2. The Hall–Kier alpha value is -2.98. The van der Waals surface area contributed by atoms with Gasteiger partial charge in [-0.05, 0) is 54.1 Å². The lowest BCUT2D eigenvalue weighted by Crippen LogP contribution is -2.20. The SMILES string of the molecule is O=C(COc1c(Cl)cc(/C=N/NC(=O)c2cccc(C(F)(F)F)c2)cc1Cl)Nc1ccc(Cl)c(Cl)c1. The van der Waals surface area contributed by atoms with E-state index in [0.717, 1.165) is 12.1 Å². The third-order valence-corrected chi connectivity index (χ3v) is 5.70. The fraction of sp³-hybridized carbons (Fsp3) is 0.0870. The van der Waals surface area contributed by atoms with Gasteiger partial charge in [-0.3, -0.25) is 9.59 Å². The average Bonchev–Trinajstić information content (AvgIpc) is 2.80. The molecular weight excluding hydrogens is 565 g/mol. The molecule has 2 N–H and O–H groups in total. The third kappa shape index (κ3) is 7.51. The van der Waals surface area contributed by atoms with Gasteiger partial charge in [0.25, 0.3) is 11.8 Å². The molecular formula is C23H14Cl4F3N3O3. The molecule has 36 heavy (non-hydrogen) atoms. The van der Waals surface area contributed by atoms with Crippen LogP contribution in [0.5, 0.6) is 5.75 Å². The monoisotopic (exact) mass is 577 g/mol. The average molecular weight is 579 g/mol. The molecule has 0 fully saturated rings. The van der Waals surface area contributed by atoms with Gasteiger partial charge < -0.3 is 10.1 Å². The number of ether oxygens (including phenoxy) is 1. The Labute approximate surface area is 222 Å². The number of rotatable bonds is 7. The van der Waals surface area contributed by atoms with E-state index in [1.54, 1.807) is 6.07 Å². The van der Waals surface area contributed by atoms with E-state index < -0.39 is 30.2 Å². The van der Waals surface area contributed by atoms with E-state index in [0.29, 0.717) is 22.3 Å². The number of nitrogens with zero attached hydrogens (tertiary/aromatic N) is 1. The number of anilines is 1. The van der Waals surface area contributed by atoms with Crippen LogP contribution in [0.25, 0.3) is 0 Å². The topological polar surface area (TPSA) is 79.8 Å². The molecule has 3 rings (SSSR count). The molecule has 0 heterocycles. The number of benzene rings is 3. The van der Waals surface area contributed by atoms with Crippen LogP contribution in [-0.4, -0.2) is 24.6 Å². The minimum atomic E-state index is -4.58. The van der Waals surface area contributed by atoms with E-state index in [1.165, 1.54) is 36.5 Å². The minimum absolute atomic E-state index is 0.0350. The maximum Gasteiger partial charge on any atom is 0.416 e. The normalized spacial score (nSPS) is 11.4. The maximum atomic E-state index is 12.8. The molecule has 0 saturated carbocycles. The highest BCUT2D eigenvalue weighted by Gasteiger charge is 2.30. The summed E-state index contributed by atoms with van der Waals surface area (Å²) >= 11 is 24.1. The number of carbonyl (C=O) groups is 2. The van der Waals surface area contributed by atoms with Crippen molar-refractivity contribution in [3.8, 4) is 5.75 Å². The molecule has 188 valence electrons. The van der Waals surface area contributed by atoms with E-state index in [2.05, 4.69) is 15.8 Å². The van der Waals surface area contributed by atoms with Crippen molar-refractivity contribution in [1.29, 1.82) is 0 Å². The summed E-state index contributed by atoms with van der Waals surface area (Å²) in [7, 11) is 0. The molecule has 0 saturated heterocycles. The molecule has 0 radical (unpaired) electrons. The largest absolute Gasteiger partial charge is 0.481 e. The van der Waals surface area contributed by atoms with Crippen LogP contribution in [-0.2, 0) is 11.0 Å². The number of hydrogen-bond donors (Lipinski definition) is 2. The van der Waals surface area contributed by atoms with Crippen LogP contribution in [0.3, 0.4) is 0 Å². The van der Waals surface area contributed by atoms with Crippen LogP contribution in [0.2, 0.25) is 20.1 Å². The molecule has 0 spiro atoms. The molecule has 0 atom stereocenters. The second kappa shape index (κ2) is 11.8. The Morgan fingerprint density at radius 1 is 0.917 bits per heavy atom. The molecule has 0 aromatic heterocycles. The number of amides is 2. The van der Waals surface area contributed by atoms with Crippen molar-refractivity contribution in [2.45, 2.75) is 6.18 Å². The number of hydrogen-bond acceptors (Lipinski definition) is 4. The smallest absolute Gasteiger partial charge is 0.416 e. The van der Waals surface area contributed by atoms with E-state index >= 15 is 0 Å². The highest BCUT2D eigenvalue weighted by molar-refractivity contribution is 6.42. The van der Waals surface area contributed by atoms with Gasteiger partial charge in [0.15, 0.2) is 12.4 Å². The first-order valence-corrected chi connectivity index (χ1v) is 11.3. The van der Waals surface area contributed by atoms with Crippen molar-refractivity contribution >= 4 is 70.1 Å². The zero-order chi connectivity index (χ0) is 26.5. The van der Waals surface area contributed by atoms with Crippen LogP contribution >= 0.6 is 46.4 Å². The second-order valence-electron chi connectivity index (χ2n) is 7.06. The zero-order valence-electron chi connectivity index (χ0n) is 17.8. The lowest BCUT2D eigenvalue weighted by atomic mass is 10.1. The van der Waals surface area contributed by atoms with Gasteiger partial charge in [0.1, 0.15) is 0 Å². The summed E-state index contributed by atoms with van der Waals surface area (Å²) in [5.74, 6) is -1.32. The molecule has 6 nitrogen and oxygen atoms in total. The molecule has 0 aliphatic heterocycles. The van der Waals surface area contributed by atoms with Crippen molar-refractivity contribution in [3.63, 3.8) is 0 Å². The van der Waals surface area contributed by atoms with Crippen LogP contribution in [0.15, 0.2) is 59.7 Å². The molecule has 0 unspecified atom stereocenters. The third-order valence-electron chi connectivity index (χ3n) is 4.40. The molecule has 0 aliphatic rings. The van der Waals surface area contributed by atoms with Gasteiger partial charge >= 0.3 is 6.18 Å². The molecule has 2 amide bonds. The van der Waals surface area contributed by atoms with Crippen molar-refractivity contribution in [1.82, 2.24) is 5.43 Å². The number of hydrazone groups is 1. The number of nitrogens with one attached hydrogen (secondary N) is 2. The number of alkyl halides is 3. The second-order valence-corrected chi connectivity index (χ2v) is 8.69. The summed E-state index contributed by atoms with van der Waals surface area (Å²) in [6.45, 7) is -0.416. The lowest BCUT2D eigenvalue weighted by Gasteiger charge is -2.11. The van der Waals surface area contributed by atoms with Crippen LogP contribution in [0, 0.1) is 0 Å². The first-order valence-electron chi connectivity index (χ1n) is 9.81. The fourth-order valence-corrected chi connectivity index (χ4v) is 3.68. The zero-order valence-corrected chi connectivity index (χ0v) is 20.8. The standard InChI is InChI=1S/C23H14Cl4F3N3O3/c24-16-5-4-15(9-17(16)25)32-20(34)11-36-21-18(26)6-12(7-19(21)27)10-31-33-22(35)13-2-1-3-14(8-13)23(28,29)30/h1-10H,11H2,(H,32,34)(H,33,35)/b31-10+. The quantitative estimate of drug-likeness (QED) is 0.232. The molecule has 0 bridgehead atoms. The van der Waals surface area contributed by atoms with Gasteiger partial charge in [-0.25, -0.2) is 5.43 Å². The summed E-state index contributed by atoms with van der Waals surface area (Å²) in [5, 5.41) is 6.99. The molecule has 3 aromatic carbocycles. The molecule has 0 aliphatic carbocycles. The van der Waals surface area contributed by atoms with Gasteiger partial charge in [0.2, 0.25) is 0 Å². The van der Waals surface area contributed by atoms with Crippen molar-refractivity contribution in [3.05, 3.63) is 91.4 Å². The van der Waals surface area contributed by atoms with Gasteiger partial charge in [-0.1, -0.05) is 52.5 Å². The Morgan fingerprint density at radius 2 is 1.61 bits per heavy atom. The van der Waals surface area contributed by atoms with Gasteiger partial charge in [0.05, 0.1) is 31.9 Å². The van der Waals surface area contributed by atoms with E-state index in [-0.39, 0.29) is 26.4 Å². The van der Waals surface area contributed by atoms with Crippen LogP contribution in [0.1, 0.15) is 21.5 Å². The lowest BCUT2D eigenvalue weighted by molar-refractivity contribution is -0.137. The molecule has 3 aromatic rings. The fourth-order valence-electron chi connectivity index (χ4n) is 2.77. The summed E-state index contributed by atoms with van der Waals surface area (Å²) in [5.41, 5.74) is 1.70. The molecule has 13 heteroatoms. The highest BCUT2D eigenvalue weighted by Crippen LogP contribution is 2.34. The van der Waals surface area contributed by atoms with Crippen molar-refractivity contribution in [2.75, 3.05) is 11.9 Å². The Bertz CT molecular complexity index is 1310. The summed E-state index contributed by atoms with van der Waals surface area (Å²) < 4.78 is 43.8. The van der Waals surface area contributed by atoms with Gasteiger partial charge in [0, 0.05) is 11.3 Å². The predicted molar refractivity (Wildman–Crippen MR) is 134 cm³/mol. The predicted octanol–water partition coefficient (Wildman–Crippen LogP) is 7.10. The van der Waals surface area contributed by atoms with E-state index in [1.807, 2.05) is 0 Å². The Balaban J connectivity index is 1.60. The van der Waals surface area contributed by atoms with E-state index in [9.17, 15) is 22.8 Å². The van der Waals surface area contributed by atoms with E-state index in [4.69, 9.17) is 51.1 Å². The van der Waals surface area contributed by atoms with Crippen LogP contribution < -0.4 is 15.5 Å². The van der Waals surface area contributed by atoms with Crippen molar-refractivity contribution < 1.29 is 27.5 Å².